The fourth-order valence-corrected chi connectivity index (χ4v) is 4.68. The van der Waals surface area contributed by atoms with Crippen LogP contribution in [0.2, 0.25) is 0 Å². The molecule has 1 amide bonds. The van der Waals surface area contributed by atoms with E-state index < -0.39 is 10.0 Å². The summed E-state index contributed by atoms with van der Waals surface area (Å²) >= 11 is 0. The summed E-state index contributed by atoms with van der Waals surface area (Å²) in [5.41, 5.74) is 3.23. The summed E-state index contributed by atoms with van der Waals surface area (Å²) in [4.78, 5) is 12.3. The quantitative estimate of drug-likeness (QED) is 0.722. The highest BCUT2D eigenvalue weighted by molar-refractivity contribution is 7.89. The molecule has 0 atom stereocenters. The van der Waals surface area contributed by atoms with E-state index in [0.717, 1.165) is 36.8 Å². The molecule has 4 rings (SSSR count). The molecule has 8 heteroatoms. The van der Waals surface area contributed by atoms with Crippen molar-refractivity contribution in [3.8, 4) is 11.5 Å². The molecule has 2 aromatic rings. The summed E-state index contributed by atoms with van der Waals surface area (Å²) in [6.45, 7) is 0.592. The van der Waals surface area contributed by atoms with Gasteiger partial charge in [-0.15, -0.1) is 0 Å². The predicted octanol–water partition coefficient (Wildman–Crippen LogP) is 2.28. The van der Waals surface area contributed by atoms with Crippen LogP contribution in [0.4, 0.5) is 0 Å². The molecule has 0 unspecified atom stereocenters. The topological polar surface area (TPSA) is 93.7 Å². The maximum absolute atomic E-state index is 12.5. The maximum atomic E-state index is 12.5. The zero-order chi connectivity index (χ0) is 20.3. The molecule has 0 aromatic heterocycles. The zero-order valence-corrected chi connectivity index (χ0v) is 16.9. The van der Waals surface area contributed by atoms with Crippen LogP contribution in [0.1, 0.15) is 36.0 Å². The number of aryl methyl sites for hydroxylation is 2. The SMILES string of the molecule is O=C(CCNS(=O)(=O)c1ccc2c(c1)CCCC2)NCc1ccc2c(c1)OCO2. The second-order valence-corrected chi connectivity index (χ2v) is 9.02. The van der Waals surface area contributed by atoms with E-state index in [1.54, 1.807) is 18.2 Å². The summed E-state index contributed by atoms with van der Waals surface area (Å²) in [6, 6.07) is 10.8. The van der Waals surface area contributed by atoms with Gasteiger partial charge in [-0.05, 0) is 66.6 Å². The highest BCUT2D eigenvalue weighted by atomic mass is 32.2. The Morgan fingerprint density at radius 2 is 1.76 bits per heavy atom. The van der Waals surface area contributed by atoms with Crippen LogP contribution in [-0.4, -0.2) is 27.7 Å². The number of fused-ring (bicyclic) bond motifs is 2. The van der Waals surface area contributed by atoms with Gasteiger partial charge in [-0.2, -0.15) is 0 Å². The van der Waals surface area contributed by atoms with Gasteiger partial charge >= 0.3 is 0 Å². The van der Waals surface area contributed by atoms with Crippen LogP contribution in [0.3, 0.4) is 0 Å². The van der Waals surface area contributed by atoms with Crippen molar-refractivity contribution in [2.75, 3.05) is 13.3 Å². The number of carbonyl (C=O) groups is 1. The number of amides is 1. The van der Waals surface area contributed by atoms with Crippen molar-refractivity contribution < 1.29 is 22.7 Å². The normalized spacial score (nSPS) is 15.0. The minimum atomic E-state index is -3.62. The molecule has 7 nitrogen and oxygen atoms in total. The maximum Gasteiger partial charge on any atom is 0.240 e. The van der Waals surface area contributed by atoms with Crippen molar-refractivity contribution in [3.05, 3.63) is 53.1 Å². The number of sulfonamides is 1. The third kappa shape index (κ3) is 4.71. The van der Waals surface area contributed by atoms with Gasteiger partial charge in [-0.25, -0.2) is 13.1 Å². The fraction of sp³-hybridized carbons (Fsp3) is 0.381. The standard InChI is InChI=1S/C21H24N2O5S/c24-21(22-13-15-5-8-19-20(11-15)28-14-27-19)9-10-23-29(25,26)18-7-6-16-3-1-2-4-17(16)12-18/h5-8,11-12,23H,1-4,9-10,13-14H2,(H,22,24). The summed E-state index contributed by atoms with van der Waals surface area (Å²) in [6.07, 6.45) is 4.23. The van der Waals surface area contributed by atoms with Gasteiger partial charge in [-0.1, -0.05) is 12.1 Å². The Morgan fingerprint density at radius 3 is 2.62 bits per heavy atom. The van der Waals surface area contributed by atoms with Crippen LogP contribution in [0.15, 0.2) is 41.3 Å². The lowest BCUT2D eigenvalue weighted by Gasteiger charge is -2.16. The van der Waals surface area contributed by atoms with Gasteiger partial charge < -0.3 is 14.8 Å². The summed E-state index contributed by atoms with van der Waals surface area (Å²) in [5.74, 6) is 1.13. The number of benzene rings is 2. The van der Waals surface area contributed by atoms with Crippen molar-refractivity contribution in [1.29, 1.82) is 0 Å². The Balaban J connectivity index is 1.26. The van der Waals surface area contributed by atoms with Gasteiger partial charge in [0.15, 0.2) is 11.5 Å². The van der Waals surface area contributed by atoms with Crippen molar-refractivity contribution in [2.24, 2.45) is 0 Å². The molecule has 0 saturated heterocycles. The van der Waals surface area contributed by atoms with E-state index in [-0.39, 0.29) is 30.6 Å². The molecule has 1 heterocycles. The van der Waals surface area contributed by atoms with Crippen LogP contribution in [0, 0.1) is 0 Å². The largest absolute Gasteiger partial charge is 0.454 e. The molecule has 29 heavy (non-hydrogen) atoms. The Labute approximate surface area is 170 Å². The summed E-state index contributed by atoms with van der Waals surface area (Å²) < 4.78 is 38.1. The average molecular weight is 416 g/mol. The van der Waals surface area contributed by atoms with Crippen LogP contribution in [0.25, 0.3) is 0 Å². The number of hydrogen-bond acceptors (Lipinski definition) is 5. The number of hydrogen-bond donors (Lipinski definition) is 2. The zero-order valence-electron chi connectivity index (χ0n) is 16.1. The molecule has 0 saturated carbocycles. The molecule has 2 aromatic carbocycles. The Kier molecular flexibility index (Phi) is 5.73. The molecule has 2 N–H and O–H groups in total. The highest BCUT2D eigenvalue weighted by Crippen LogP contribution is 2.32. The minimum Gasteiger partial charge on any atom is -0.454 e. The molecular weight excluding hydrogens is 392 g/mol. The highest BCUT2D eigenvalue weighted by Gasteiger charge is 2.18. The monoisotopic (exact) mass is 416 g/mol. The van der Waals surface area contributed by atoms with Crippen LogP contribution in [0.5, 0.6) is 11.5 Å². The Bertz CT molecular complexity index is 1020. The van der Waals surface area contributed by atoms with Crippen LogP contribution in [-0.2, 0) is 34.2 Å². The molecule has 1 aliphatic heterocycles. The lowest BCUT2D eigenvalue weighted by atomic mass is 9.92. The lowest BCUT2D eigenvalue weighted by Crippen LogP contribution is -2.30. The van der Waals surface area contributed by atoms with Crippen molar-refractivity contribution >= 4 is 15.9 Å². The molecule has 2 aliphatic rings. The smallest absolute Gasteiger partial charge is 0.240 e. The molecule has 0 bridgehead atoms. The van der Waals surface area contributed by atoms with E-state index in [1.165, 1.54) is 5.56 Å². The molecule has 0 fully saturated rings. The van der Waals surface area contributed by atoms with E-state index in [4.69, 9.17) is 9.47 Å². The first-order valence-corrected chi connectivity index (χ1v) is 11.3. The van der Waals surface area contributed by atoms with Gasteiger partial charge in [0.25, 0.3) is 0 Å². The molecular formula is C21H24N2O5S. The molecule has 154 valence electrons. The van der Waals surface area contributed by atoms with E-state index >= 15 is 0 Å². The fourth-order valence-electron chi connectivity index (χ4n) is 3.60. The third-order valence-electron chi connectivity index (χ3n) is 5.20. The van der Waals surface area contributed by atoms with E-state index in [0.29, 0.717) is 18.0 Å². The van der Waals surface area contributed by atoms with E-state index in [9.17, 15) is 13.2 Å². The number of rotatable bonds is 7. The van der Waals surface area contributed by atoms with Gasteiger partial charge in [-0.3, -0.25) is 4.79 Å². The predicted molar refractivity (Wildman–Crippen MR) is 107 cm³/mol. The number of nitrogens with one attached hydrogen (secondary N) is 2. The number of ether oxygens (including phenoxy) is 2. The van der Waals surface area contributed by atoms with Crippen LogP contribution < -0.4 is 19.5 Å². The van der Waals surface area contributed by atoms with E-state index in [2.05, 4.69) is 10.0 Å². The Hall–Kier alpha value is -2.58. The molecule has 0 spiro atoms. The second kappa shape index (κ2) is 8.42. The summed E-state index contributed by atoms with van der Waals surface area (Å²) in [7, 11) is -3.62. The molecule has 1 aliphatic carbocycles. The lowest BCUT2D eigenvalue weighted by molar-refractivity contribution is -0.121. The third-order valence-corrected chi connectivity index (χ3v) is 6.66. The van der Waals surface area contributed by atoms with Gasteiger partial charge in [0.2, 0.25) is 22.7 Å². The first-order chi connectivity index (χ1) is 14.0. The minimum absolute atomic E-state index is 0.0480. The van der Waals surface area contributed by atoms with Crippen LogP contribution >= 0.6 is 0 Å². The average Bonchev–Trinajstić information content (AvgIpc) is 3.19. The summed E-state index contributed by atoms with van der Waals surface area (Å²) in [5, 5.41) is 2.79. The van der Waals surface area contributed by atoms with Gasteiger partial charge in [0.05, 0.1) is 4.90 Å². The Morgan fingerprint density at radius 1 is 0.966 bits per heavy atom. The van der Waals surface area contributed by atoms with Crippen molar-refractivity contribution in [3.63, 3.8) is 0 Å². The van der Waals surface area contributed by atoms with Gasteiger partial charge in [0, 0.05) is 19.5 Å². The first-order valence-electron chi connectivity index (χ1n) is 9.78. The first kappa shape index (κ1) is 19.7. The number of carbonyl (C=O) groups excluding carboxylic acids is 1. The second-order valence-electron chi connectivity index (χ2n) is 7.25. The molecule has 0 radical (unpaired) electrons. The van der Waals surface area contributed by atoms with E-state index in [1.807, 2.05) is 18.2 Å². The van der Waals surface area contributed by atoms with Gasteiger partial charge in [0.1, 0.15) is 0 Å². The van der Waals surface area contributed by atoms with Crippen molar-refractivity contribution in [1.82, 2.24) is 10.0 Å². The van der Waals surface area contributed by atoms with Crippen molar-refractivity contribution in [2.45, 2.75) is 43.5 Å².